The molecular weight excluding hydrogens is 284 g/mol. The van der Waals surface area contributed by atoms with E-state index >= 15 is 0 Å². The summed E-state index contributed by atoms with van der Waals surface area (Å²) in [5.74, 6) is 1.79. The monoisotopic (exact) mass is 306 g/mol. The molecule has 2 aromatic rings. The largest absolute Gasteiger partial charge is 0.491 e. The second-order valence-corrected chi connectivity index (χ2v) is 5.49. The summed E-state index contributed by atoms with van der Waals surface area (Å²) in [6.07, 6.45) is 2.82. The van der Waals surface area contributed by atoms with E-state index in [1.54, 1.807) is 13.2 Å². The Bertz CT molecular complexity index is 749. The van der Waals surface area contributed by atoms with E-state index in [0.29, 0.717) is 6.61 Å². The van der Waals surface area contributed by atoms with E-state index in [4.69, 9.17) is 4.74 Å². The summed E-state index contributed by atoms with van der Waals surface area (Å²) in [6.45, 7) is 7.44. The number of rotatable bonds is 3. The summed E-state index contributed by atoms with van der Waals surface area (Å²) in [4.78, 5) is 6.46. The Kier molecular flexibility index (Phi) is 4.47. The Morgan fingerprint density at radius 3 is 2.78 bits per heavy atom. The van der Waals surface area contributed by atoms with Gasteiger partial charge in [-0.1, -0.05) is 43.8 Å². The van der Waals surface area contributed by atoms with Gasteiger partial charge in [-0.05, 0) is 41.4 Å². The van der Waals surface area contributed by atoms with Crippen LogP contribution in [0.5, 0.6) is 5.75 Å². The highest BCUT2D eigenvalue weighted by Gasteiger charge is 2.20. The summed E-state index contributed by atoms with van der Waals surface area (Å²) in [6, 6.07) is 14.9. The molecule has 1 aliphatic rings. The average Bonchev–Trinajstić information content (AvgIpc) is 2.79. The fourth-order valence-electron chi connectivity index (χ4n) is 3.05. The molecule has 0 fully saturated rings. The summed E-state index contributed by atoms with van der Waals surface area (Å²) < 4.78 is 5.98. The highest BCUT2D eigenvalue weighted by Crippen LogP contribution is 2.32. The van der Waals surface area contributed by atoms with Crippen molar-refractivity contribution in [3.8, 4) is 16.9 Å². The number of nitrogens with zero attached hydrogens (tertiary/aromatic N) is 2. The molecule has 0 amide bonds. The molecule has 0 spiro atoms. The number of hydrogen-bond donors (Lipinski definition) is 0. The van der Waals surface area contributed by atoms with Crippen molar-refractivity contribution in [2.45, 2.75) is 13.3 Å². The third kappa shape index (κ3) is 2.87. The lowest BCUT2D eigenvalue weighted by Crippen LogP contribution is -2.27. The first-order valence-corrected chi connectivity index (χ1v) is 8.00. The van der Waals surface area contributed by atoms with Gasteiger partial charge in [0.05, 0.1) is 12.1 Å². The lowest BCUT2D eigenvalue weighted by atomic mass is 9.96. The first-order valence-electron chi connectivity index (χ1n) is 8.00. The van der Waals surface area contributed by atoms with Crippen LogP contribution in [0.25, 0.3) is 11.1 Å². The van der Waals surface area contributed by atoms with Gasteiger partial charge in [-0.2, -0.15) is 0 Å². The molecule has 0 aromatic heterocycles. The standard InChI is InChI=1S/C20H22N2O/c1-4-15-8-6-7-9-17(15)16-10-11-18-19(14-16)23-13-12-22(5-2)20(18)21-3/h5-11,14H,2,4,12-13H2,1,3H3. The Balaban J connectivity index is 2.09. The smallest absolute Gasteiger partial charge is 0.138 e. The molecule has 0 aliphatic carbocycles. The normalized spacial score (nSPS) is 15.7. The van der Waals surface area contributed by atoms with E-state index in [-0.39, 0.29) is 0 Å². The van der Waals surface area contributed by atoms with Crippen LogP contribution in [-0.4, -0.2) is 30.9 Å². The van der Waals surface area contributed by atoms with Gasteiger partial charge in [-0.15, -0.1) is 0 Å². The Labute approximate surface area is 137 Å². The molecular formula is C20H22N2O. The van der Waals surface area contributed by atoms with Crippen molar-refractivity contribution in [3.05, 3.63) is 66.4 Å². The number of amidine groups is 1. The molecule has 3 heteroatoms. The molecule has 0 atom stereocenters. The van der Waals surface area contributed by atoms with Crippen molar-refractivity contribution in [3.63, 3.8) is 0 Å². The topological polar surface area (TPSA) is 24.8 Å². The zero-order valence-electron chi connectivity index (χ0n) is 13.7. The molecule has 2 aromatic carbocycles. The van der Waals surface area contributed by atoms with Crippen LogP contribution in [-0.2, 0) is 6.42 Å². The minimum Gasteiger partial charge on any atom is -0.491 e. The zero-order valence-corrected chi connectivity index (χ0v) is 13.7. The van der Waals surface area contributed by atoms with E-state index in [2.05, 4.69) is 61.0 Å². The van der Waals surface area contributed by atoms with Gasteiger partial charge < -0.3 is 9.64 Å². The fraction of sp³-hybridized carbons (Fsp3) is 0.250. The van der Waals surface area contributed by atoms with Gasteiger partial charge in [0, 0.05) is 7.05 Å². The van der Waals surface area contributed by atoms with Crippen LogP contribution in [0.4, 0.5) is 0 Å². The number of benzene rings is 2. The third-order valence-electron chi connectivity index (χ3n) is 4.23. The molecule has 23 heavy (non-hydrogen) atoms. The first-order chi connectivity index (χ1) is 11.3. The molecule has 0 bridgehead atoms. The minimum atomic E-state index is 0.622. The number of aliphatic imine (C=N–C) groups is 1. The van der Waals surface area contributed by atoms with Crippen LogP contribution >= 0.6 is 0 Å². The van der Waals surface area contributed by atoms with Crippen molar-refractivity contribution in [1.29, 1.82) is 0 Å². The predicted octanol–water partition coefficient (Wildman–Crippen LogP) is 4.13. The molecule has 0 radical (unpaired) electrons. The van der Waals surface area contributed by atoms with Gasteiger partial charge in [0.15, 0.2) is 0 Å². The van der Waals surface area contributed by atoms with Gasteiger partial charge in [-0.3, -0.25) is 4.99 Å². The Morgan fingerprint density at radius 1 is 1.22 bits per heavy atom. The van der Waals surface area contributed by atoms with Crippen molar-refractivity contribution >= 4 is 5.84 Å². The molecule has 3 nitrogen and oxygen atoms in total. The van der Waals surface area contributed by atoms with Crippen LogP contribution in [0.1, 0.15) is 18.1 Å². The summed E-state index contributed by atoms with van der Waals surface area (Å²) in [5.41, 5.74) is 4.81. The molecule has 0 unspecified atom stereocenters. The highest BCUT2D eigenvalue weighted by atomic mass is 16.5. The average molecular weight is 306 g/mol. The molecule has 1 aliphatic heterocycles. The number of hydrogen-bond acceptors (Lipinski definition) is 2. The maximum absolute atomic E-state index is 5.98. The van der Waals surface area contributed by atoms with Crippen molar-refractivity contribution in [2.24, 2.45) is 4.99 Å². The lowest BCUT2D eigenvalue weighted by molar-refractivity contribution is 0.302. The van der Waals surface area contributed by atoms with E-state index in [0.717, 1.165) is 30.1 Å². The maximum Gasteiger partial charge on any atom is 0.138 e. The van der Waals surface area contributed by atoms with Gasteiger partial charge in [-0.25, -0.2) is 0 Å². The van der Waals surface area contributed by atoms with Crippen molar-refractivity contribution < 1.29 is 4.74 Å². The molecule has 0 saturated heterocycles. The Morgan fingerprint density at radius 2 is 2.04 bits per heavy atom. The van der Waals surface area contributed by atoms with Crippen molar-refractivity contribution in [1.82, 2.24) is 4.90 Å². The second kappa shape index (κ2) is 6.69. The summed E-state index contributed by atoms with van der Waals surface area (Å²) in [7, 11) is 1.81. The van der Waals surface area contributed by atoms with Crippen LogP contribution in [0.3, 0.4) is 0 Å². The predicted molar refractivity (Wildman–Crippen MR) is 96.1 cm³/mol. The second-order valence-electron chi connectivity index (χ2n) is 5.49. The summed E-state index contributed by atoms with van der Waals surface area (Å²) >= 11 is 0. The molecule has 3 rings (SSSR count). The minimum absolute atomic E-state index is 0.622. The first kappa shape index (κ1) is 15.3. The van der Waals surface area contributed by atoms with E-state index in [1.807, 2.05) is 4.90 Å². The quantitative estimate of drug-likeness (QED) is 0.851. The van der Waals surface area contributed by atoms with Gasteiger partial charge in [0.25, 0.3) is 0 Å². The van der Waals surface area contributed by atoms with Crippen LogP contribution < -0.4 is 4.74 Å². The fourth-order valence-corrected chi connectivity index (χ4v) is 3.05. The van der Waals surface area contributed by atoms with Gasteiger partial charge >= 0.3 is 0 Å². The number of aryl methyl sites for hydroxylation is 1. The van der Waals surface area contributed by atoms with Crippen LogP contribution in [0.2, 0.25) is 0 Å². The molecule has 0 saturated carbocycles. The Hall–Kier alpha value is -2.55. The van der Waals surface area contributed by atoms with Crippen molar-refractivity contribution in [2.75, 3.05) is 20.2 Å². The molecule has 118 valence electrons. The van der Waals surface area contributed by atoms with E-state index in [9.17, 15) is 0 Å². The number of ether oxygens (including phenoxy) is 1. The highest BCUT2D eigenvalue weighted by molar-refractivity contribution is 6.02. The third-order valence-corrected chi connectivity index (χ3v) is 4.23. The molecule has 1 heterocycles. The van der Waals surface area contributed by atoms with E-state index < -0.39 is 0 Å². The maximum atomic E-state index is 5.98. The SMILES string of the molecule is C=CN1CCOc2cc(-c3ccccc3CC)ccc2C1=NC. The van der Waals surface area contributed by atoms with E-state index in [1.165, 1.54) is 16.7 Å². The molecule has 0 N–H and O–H groups in total. The lowest BCUT2D eigenvalue weighted by Gasteiger charge is -2.18. The number of fused-ring (bicyclic) bond motifs is 1. The van der Waals surface area contributed by atoms with Crippen LogP contribution in [0.15, 0.2) is 60.2 Å². The van der Waals surface area contributed by atoms with Gasteiger partial charge in [0.1, 0.15) is 18.2 Å². The van der Waals surface area contributed by atoms with Gasteiger partial charge in [0.2, 0.25) is 0 Å². The van der Waals surface area contributed by atoms with Crippen LogP contribution in [0, 0.1) is 0 Å². The summed E-state index contributed by atoms with van der Waals surface area (Å²) in [5, 5.41) is 0. The zero-order chi connectivity index (χ0) is 16.2.